The van der Waals surface area contributed by atoms with Crippen molar-refractivity contribution in [3.63, 3.8) is 0 Å². The summed E-state index contributed by atoms with van der Waals surface area (Å²) in [4.78, 5) is 24.0. The van der Waals surface area contributed by atoms with Crippen molar-refractivity contribution in [2.75, 3.05) is 23.9 Å². The molecule has 1 aliphatic heterocycles. The third kappa shape index (κ3) is 4.21. The van der Waals surface area contributed by atoms with Gasteiger partial charge in [0.15, 0.2) is 0 Å². The molecule has 148 valence electrons. The van der Waals surface area contributed by atoms with Crippen LogP contribution in [-0.4, -0.2) is 29.5 Å². The number of hydrogen-bond acceptors (Lipinski definition) is 5. The minimum atomic E-state index is -0.0878. The minimum Gasteiger partial charge on any atom is -0.497 e. The van der Waals surface area contributed by atoms with Gasteiger partial charge in [-0.2, -0.15) is 0 Å². The minimum absolute atomic E-state index is 0.0878. The highest BCUT2D eigenvalue weighted by molar-refractivity contribution is 6.05. The van der Waals surface area contributed by atoms with Gasteiger partial charge in [0.2, 0.25) is 5.95 Å². The highest BCUT2D eigenvalue weighted by Crippen LogP contribution is 2.28. The van der Waals surface area contributed by atoms with Crippen molar-refractivity contribution in [3.05, 3.63) is 77.1 Å². The number of aromatic nitrogens is 2. The van der Waals surface area contributed by atoms with Gasteiger partial charge in [-0.3, -0.25) is 4.79 Å². The summed E-state index contributed by atoms with van der Waals surface area (Å²) in [6, 6.07) is 17.6. The number of rotatable bonds is 5. The largest absolute Gasteiger partial charge is 0.497 e. The maximum absolute atomic E-state index is 13.2. The Morgan fingerprint density at radius 3 is 2.72 bits per heavy atom. The van der Waals surface area contributed by atoms with Crippen molar-refractivity contribution in [2.45, 2.75) is 26.3 Å². The Balaban J connectivity index is 1.53. The maximum Gasteiger partial charge on any atom is 0.277 e. The van der Waals surface area contributed by atoms with Crippen LogP contribution in [-0.2, 0) is 13.0 Å². The first-order chi connectivity index (χ1) is 14.1. The van der Waals surface area contributed by atoms with Crippen LogP contribution in [0.15, 0.2) is 54.6 Å². The molecular formula is C23H24N4O2. The molecule has 1 N–H and O–H groups in total. The van der Waals surface area contributed by atoms with Gasteiger partial charge in [-0.1, -0.05) is 30.3 Å². The van der Waals surface area contributed by atoms with E-state index in [1.807, 2.05) is 54.3 Å². The number of hydrogen-bond donors (Lipinski definition) is 1. The fraction of sp³-hybridized carbons (Fsp3) is 0.261. The first kappa shape index (κ1) is 18.9. The number of methoxy groups -OCH3 is 1. The lowest BCUT2D eigenvalue weighted by molar-refractivity contribution is 0.0980. The van der Waals surface area contributed by atoms with Crippen LogP contribution >= 0.6 is 0 Å². The molecule has 6 nitrogen and oxygen atoms in total. The van der Waals surface area contributed by atoms with E-state index in [2.05, 4.69) is 21.4 Å². The molecule has 0 radical (unpaired) electrons. The molecule has 0 saturated carbocycles. The molecule has 4 rings (SSSR count). The summed E-state index contributed by atoms with van der Waals surface area (Å²) in [5, 5.41) is 3.22. The molecule has 0 bridgehead atoms. The molecule has 29 heavy (non-hydrogen) atoms. The van der Waals surface area contributed by atoms with Crippen molar-refractivity contribution < 1.29 is 9.53 Å². The van der Waals surface area contributed by atoms with Crippen LogP contribution < -0.4 is 15.0 Å². The van der Waals surface area contributed by atoms with E-state index in [4.69, 9.17) is 4.74 Å². The van der Waals surface area contributed by atoms with Crippen LogP contribution in [0.4, 0.5) is 11.6 Å². The van der Waals surface area contributed by atoms with Crippen LogP contribution in [0, 0.1) is 6.92 Å². The lowest BCUT2D eigenvalue weighted by Gasteiger charge is -2.29. The zero-order chi connectivity index (χ0) is 20.2. The van der Waals surface area contributed by atoms with Crippen LogP contribution in [0.2, 0.25) is 0 Å². The number of nitrogens with zero attached hydrogens (tertiary/aromatic N) is 3. The standard InChI is InChI=1S/C23H24N4O2/c1-16-14-20(22(28)27-13-5-7-18-6-3-4-8-21(18)27)26-23(25-16)24-15-17-9-11-19(29-2)12-10-17/h3-4,6,8-12,14H,5,7,13,15H2,1-2H3,(H,24,25,26). The Bertz CT molecular complexity index is 1020. The van der Waals surface area contributed by atoms with Crippen LogP contribution in [0.5, 0.6) is 5.75 Å². The van der Waals surface area contributed by atoms with E-state index in [1.165, 1.54) is 5.56 Å². The fourth-order valence-electron chi connectivity index (χ4n) is 3.56. The normalized spacial score (nSPS) is 13.0. The van der Waals surface area contributed by atoms with E-state index in [-0.39, 0.29) is 5.91 Å². The topological polar surface area (TPSA) is 67.3 Å². The Labute approximate surface area is 170 Å². The van der Waals surface area contributed by atoms with E-state index in [1.54, 1.807) is 13.2 Å². The second kappa shape index (κ2) is 8.31. The predicted molar refractivity (Wildman–Crippen MR) is 114 cm³/mol. The third-order valence-electron chi connectivity index (χ3n) is 5.04. The van der Waals surface area contributed by atoms with Crippen molar-refractivity contribution in [1.29, 1.82) is 0 Å². The molecule has 0 fully saturated rings. The molecule has 1 aromatic heterocycles. The molecule has 3 aromatic rings. The van der Waals surface area contributed by atoms with Gasteiger partial charge in [-0.25, -0.2) is 9.97 Å². The molecule has 0 unspecified atom stereocenters. The SMILES string of the molecule is COc1ccc(CNc2nc(C)cc(C(=O)N3CCCc4ccccc43)n2)cc1. The number of anilines is 2. The molecule has 0 spiro atoms. The summed E-state index contributed by atoms with van der Waals surface area (Å²) in [5.41, 5.74) is 4.43. The van der Waals surface area contributed by atoms with Crippen molar-refractivity contribution >= 4 is 17.5 Å². The number of aryl methyl sites for hydroxylation is 2. The Hall–Kier alpha value is -3.41. The van der Waals surface area contributed by atoms with Gasteiger partial charge in [0, 0.05) is 24.5 Å². The molecule has 0 aliphatic carbocycles. The van der Waals surface area contributed by atoms with Crippen molar-refractivity contribution in [1.82, 2.24) is 9.97 Å². The van der Waals surface area contributed by atoms with E-state index in [0.29, 0.717) is 24.7 Å². The zero-order valence-corrected chi connectivity index (χ0v) is 16.7. The quantitative estimate of drug-likeness (QED) is 0.716. The molecule has 2 aromatic carbocycles. The number of carbonyl (C=O) groups is 1. The Kier molecular flexibility index (Phi) is 5.42. The lowest BCUT2D eigenvalue weighted by atomic mass is 10.0. The third-order valence-corrected chi connectivity index (χ3v) is 5.04. The van der Waals surface area contributed by atoms with Crippen molar-refractivity contribution in [3.8, 4) is 5.75 Å². The summed E-state index contributed by atoms with van der Waals surface area (Å²) in [7, 11) is 1.65. The summed E-state index contributed by atoms with van der Waals surface area (Å²) in [6.45, 7) is 3.14. The molecule has 6 heteroatoms. The smallest absolute Gasteiger partial charge is 0.277 e. The number of ether oxygens (including phenoxy) is 1. The highest BCUT2D eigenvalue weighted by Gasteiger charge is 2.24. The maximum atomic E-state index is 13.2. The molecule has 1 aliphatic rings. The monoisotopic (exact) mass is 388 g/mol. The van der Waals surface area contributed by atoms with Gasteiger partial charge < -0.3 is 15.0 Å². The molecular weight excluding hydrogens is 364 g/mol. The van der Waals surface area contributed by atoms with Crippen LogP contribution in [0.3, 0.4) is 0 Å². The van der Waals surface area contributed by atoms with Crippen molar-refractivity contribution in [2.24, 2.45) is 0 Å². The lowest BCUT2D eigenvalue weighted by Crippen LogP contribution is -2.36. The molecule has 2 heterocycles. The Morgan fingerprint density at radius 1 is 1.14 bits per heavy atom. The zero-order valence-electron chi connectivity index (χ0n) is 16.7. The summed E-state index contributed by atoms with van der Waals surface area (Å²) >= 11 is 0. The number of amides is 1. The van der Waals surface area contributed by atoms with E-state index >= 15 is 0 Å². The van der Waals surface area contributed by atoms with Crippen LogP contribution in [0.25, 0.3) is 0 Å². The number of nitrogens with one attached hydrogen (secondary N) is 1. The predicted octanol–water partition coefficient (Wildman–Crippen LogP) is 4.00. The first-order valence-electron chi connectivity index (χ1n) is 9.76. The second-order valence-electron chi connectivity index (χ2n) is 7.11. The van der Waals surface area contributed by atoms with Gasteiger partial charge in [0.25, 0.3) is 5.91 Å². The average molecular weight is 388 g/mol. The summed E-state index contributed by atoms with van der Waals surface area (Å²) in [5.74, 6) is 1.18. The first-order valence-corrected chi connectivity index (χ1v) is 9.76. The summed E-state index contributed by atoms with van der Waals surface area (Å²) < 4.78 is 5.19. The van der Waals surface area contributed by atoms with Gasteiger partial charge in [0.05, 0.1) is 7.11 Å². The van der Waals surface area contributed by atoms with Gasteiger partial charge in [-0.15, -0.1) is 0 Å². The number of fused-ring (bicyclic) bond motifs is 1. The number of carbonyl (C=O) groups excluding carboxylic acids is 1. The van der Waals surface area contributed by atoms with E-state index < -0.39 is 0 Å². The highest BCUT2D eigenvalue weighted by atomic mass is 16.5. The molecule has 1 amide bonds. The molecule has 0 atom stereocenters. The van der Waals surface area contributed by atoms with Crippen LogP contribution in [0.1, 0.15) is 33.7 Å². The molecule has 0 saturated heterocycles. The van der Waals surface area contributed by atoms with Gasteiger partial charge >= 0.3 is 0 Å². The van der Waals surface area contributed by atoms with E-state index in [0.717, 1.165) is 35.5 Å². The number of benzene rings is 2. The summed E-state index contributed by atoms with van der Waals surface area (Å²) in [6.07, 6.45) is 1.95. The number of para-hydroxylation sites is 1. The fourth-order valence-corrected chi connectivity index (χ4v) is 3.56. The Morgan fingerprint density at radius 2 is 1.93 bits per heavy atom. The second-order valence-corrected chi connectivity index (χ2v) is 7.11. The van der Waals surface area contributed by atoms with E-state index in [9.17, 15) is 4.79 Å². The average Bonchev–Trinajstić information content (AvgIpc) is 2.77. The van der Waals surface area contributed by atoms with Gasteiger partial charge in [0.1, 0.15) is 11.4 Å². The van der Waals surface area contributed by atoms with Gasteiger partial charge in [-0.05, 0) is 55.2 Å².